The molecule has 2 N–H and O–H groups in total. The summed E-state index contributed by atoms with van der Waals surface area (Å²) in [6, 6.07) is 10.6. The molecule has 0 atom stereocenters. The van der Waals surface area contributed by atoms with Gasteiger partial charge in [-0.05, 0) is 29.2 Å². The van der Waals surface area contributed by atoms with Gasteiger partial charge in [-0.15, -0.1) is 0 Å². The first-order valence-electron chi connectivity index (χ1n) is 6.49. The Morgan fingerprint density at radius 1 is 0.895 bits per heavy atom. The average molecular weight is 255 g/mol. The minimum Gasteiger partial charge on any atom is -0.387 e. The minimum atomic E-state index is 0.187. The van der Waals surface area contributed by atoms with E-state index in [2.05, 4.69) is 60.7 Å². The Morgan fingerprint density at radius 3 is 2.11 bits per heavy atom. The number of pyridine rings is 1. The number of aromatic nitrogens is 1. The summed E-state index contributed by atoms with van der Waals surface area (Å²) in [5.41, 5.74) is 4.57. The van der Waals surface area contributed by atoms with Gasteiger partial charge in [-0.1, -0.05) is 32.9 Å². The van der Waals surface area contributed by atoms with Crippen LogP contribution < -0.4 is 10.6 Å². The van der Waals surface area contributed by atoms with Crippen LogP contribution in [-0.4, -0.2) is 12.0 Å². The molecule has 0 fully saturated rings. The molecular weight excluding hydrogens is 234 g/mol. The Morgan fingerprint density at radius 2 is 1.53 bits per heavy atom. The third-order valence-electron chi connectivity index (χ3n) is 3.07. The number of nitrogens with one attached hydrogen (secondary N) is 2. The predicted molar refractivity (Wildman–Crippen MR) is 82.2 cm³/mol. The maximum Gasteiger partial charge on any atom is 0.0591 e. The molecule has 0 aliphatic carbocycles. The van der Waals surface area contributed by atoms with Crippen LogP contribution >= 0.6 is 0 Å². The highest BCUT2D eigenvalue weighted by molar-refractivity contribution is 5.63. The van der Waals surface area contributed by atoms with Crippen LogP contribution in [0.25, 0.3) is 0 Å². The Kier molecular flexibility index (Phi) is 3.74. The first-order valence-corrected chi connectivity index (χ1v) is 6.49. The summed E-state index contributed by atoms with van der Waals surface area (Å²) < 4.78 is 0. The lowest BCUT2D eigenvalue weighted by molar-refractivity contribution is 0.590. The molecule has 0 radical (unpaired) electrons. The van der Waals surface area contributed by atoms with E-state index in [0.29, 0.717) is 0 Å². The molecule has 100 valence electrons. The van der Waals surface area contributed by atoms with Crippen LogP contribution in [0.2, 0.25) is 0 Å². The van der Waals surface area contributed by atoms with Gasteiger partial charge in [-0.2, -0.15) is 0 Å². The van der Waals surface area contributed by atoms with Crippen LogP contribution in [0.1, 0.15) is 26.3 Å². The van der Waals surface area contributed by atoms with Crippen molar-refractivity contribution in [1.82, 2.24) is 4.98 Å². The van der Waals surface area contributed by atoms with Crippen LogP contribution in [0.4, 0.5) is 17.1 Å². The Hall–Kier alpha value is -2.03. The van der Waals surface area contributed by atoms with Crippen molar-refractivity contribution in [2.75, 3.05) is 17.7 Å². The van der Waals surface area contributed by atoms with Gasteiger partial charge < -0.3 is 10.6 Å². The van der Waals surface area contributed by atoms with Crippen molar-refractivity contribution in [3.63, 3.8) is 0 Å². The van der Waals surface area contributed by atoms with Crippen molar-refractivity contribution >= 4 is 17.1 Å². The topological polar surface area (TPSA) is 37.0 Å². The van der Waals surface area contributed by atoms with Crippen LogP contribution in [0.3, 0.4) is 0 Å². The molecule has 0 aliphatic heterocycles. The summed E-state index contributed by atoms with van der Waals surface area (Å²) in [6.07, 6.45) is 3.62. The van der Waals surface area contributed by atoms with E-state index in [9.17, 15) is 0 Å². The Labute approximate surface area is 115 Å². The largest absolute Gasteiger partial charge is 0.387 e. The second-order valence-corrected chi connectivity index (χ2v) is 5.66. The first kappa shape index (κ1) is 13.4. The van der Waals surface area contributed by atoms with Crippen molar-refractivity contribution in [2.24, 2.45) is 0 Å². The van der Waals surface area contributed by atoms with E-state index in [-0.39, 0.29) is 5.41 Å². The number of benzene rings is 1. The molecule has 1 heterocycles. The molecule has 0 spiro atoms. The summed E-state index contributed by atoms with van der Waals surface area (Å²) in [4.78, 5) is 4.18. The van der Waals surface area contributed by atoms with E-state index in [1.807, 2.05) is 19.3 Å². The number of nitrogens with zero attached hydrogens (tertiary/aromatic N) is 1. The van der Waals surface area contributed by atoms with E-state index in [0.717, 1.165) is 17.1 Å². The molecule has 19 heavy (non-hydrogen) atoms. The molecule has 0 unspecified atom stereocenters. The molecule has 0 aliphatic rings. The van der Waals surface area contributed by atoms with Gasteiger partial charge in [-0.3, -0.25) is 4.98 Å². The molecule has 0 amide bonds. The van der Waals surface area contributed by atoms with Crippen LogP contribution in [0.5, 0.6) is 0 Å². The molecule has 2 aromatic rings. The van der Waals surface area contributed by atoms with Crippen molar-refractivity contribution in [3.8, 4) is 0 Å². The number of hydrogen-bond acceptors (Lipinski definition) is 3. The van der Waals surface area contributed by atoms with Gasteiger partial charge in [0.2, 0.25) is 0 Å². The van der Waals surface area contributed by atoms with Gasteiger partial charge in [0.1, 0.15) is 0 Å². The van der Waals surface area contributed by atoms with E-state index >= 15 is 0 Å². The maximum atomic E-state index is 4.18. The summed E-state index contributed by atoms with van der Waals surface area (Å²) >= 11 is 0. The zero-order valence-corrected chi connectivity index (χ0v) is 12.0. The summed E-state index contributed by atoms with van der Waals surface area (Å²) in [5.74, 6) is 0. The SMILES string of the molecule is CNc1cncc(Nc2ccc(C(C)(C)C)cc2)c1. The molecule has 0 bridgehead atoms. The number of rotatable bonds is 3. The second-order valence-electron chi connectivity index (χ2n) is 5.66. The lowest BCUT2D eigenvalue weighted by Crippen LogP contribution is -2.10. The van der Waals surface area contributed by atoms with Gasteiger partial charge in [0.25, 0.3) is 0 Å². The molecule has 3 nitrogen and oxygen atoms in total. The van der Waals surface area contributed by atoms with Crippen molar-refractivity contribution in [3.05, 3.63) is 48.3 Å². The maximum absolute atomic E-state index is 4.18. The smallest absolute Gasteiger partial charge is 0.0591 e. The Balaban J connectivity index is 2.15. The second kappa shape index (κ2) is 5.31. The Bertz CT molecular complexity index is 539. The van der Waals surface area contributed by atoms with Crippen molar-refractivity contribution < 1.29 is 0 Å². The summed E-state index contributed by atoms with van der Waals surface area (Å²) in [6.45, 7) is 6.65. The highest BCUT2D eigenvalue weighted by Gasteiger charge is 2.12. The molecule has 1 aromatic heterocycles. The van der Waals surface area contributed by atoms with Crippen LogP contribution in [0, 0.1) is 0 Å². The fraction of sp³-hybridized carbons (Fsp3) is 0.312. The van der Waals surface area contributed by atoms with Gasteiger partial charge >= 0.3 is 0 Å². The highest BCUT2D eigenvalue weighted by atomic mass is 14.9. The first-order chi connectivity index (χ1) is 8.99. The van der Waals surface area contributed by atoms with Crippen LogP contribution in [-0.2, 0) is 5.41 Å². The number of anilines is 3. The molecule has 2 rings (SSSR count). The molecular formula is C16H21N3. The summed E-state index contributed by atoms with van der Waals surface area (Å²) in [7, 11) is 1.89. The van der Waals surface area contributed by atoms with E-state index in [4.69, 9.17) is 0 Å². The van der Waals surface area contributed by atoms with Crippen molar-refractivity contribution in [2.45, 2.75) is 26.2 Å². The fourth-order valence-corrected chi connectivity index (χ4v) is 1.87. The lowest BCUT2D eigenvalue weighted by atomic mass is 9.87. The van der Waals surface area contributed by atoms with Gasteiger partial charge in [0.05, 0.1) is 23.8 Å². The highest BCUT2D eigenvalue weighted by Crippen LogP contribution is 2.25. The zero-order chi connectivity index (χ0) is 13.9. The third-order valence-corrected chi connectivity index (χ3v) is 3.07. The standard InChI is InChI=1S/C16H21N3/c1-16(2,3)12-5-7-13(8-6-12)19-15-9-14(17-4)10-18-11-15/h5-11,17,19H,1-4H3. The van der Waals surface area contributed by atoms with Gasteiger partial charge in [-0.25, -0.2) is 0 Å². The zero-order valence-electron chi connectivity index (χ0n) is 12.0. The molecule has 0 saturated carbocycles. The van der Waals surface area contributed by atoms with Gasteiger partial charge in [0.15, 0.2) is 0 Å². The quantitative estimate of drug-likeness (QED) is 0.864. The van der Waals surface area contributed by atoms with Crippen molar-refractivity contribution in [1.29, 1.82) is 0 Å². The molecule has 0 saturated heterocycles. The average Bonchev–Trinajstić information content (AvgIpc) is 2.38. The van der Waals surface area contributed by atoms with E-state index in [1.54, 1.807) is 6.20 Å². The monoisotopic (exact) mass is 255 g/mol. The molecule has 3 heteroatoms. The van der Waals surface area contributed by atoms with Crippen LogP contribution in [0.15, 0.2) is 42.7 Å². The van der Waals surface area contributed by atoms with E-state index < -0.39 is 0 Å². The fourth-order valence-electron chi connectivity index (χ4n) is 1.87. The normalized spacial score (nSPS) is 11.2. The third kappa shape index (κ3) is 3.47. The summed E-state index contributed by atoms with van der Waals surface area (Å²) in [5, 5.41) is 6.43. The lowest BCUT2D eigenvalue weighted by Gasteiger charge is -2.19. The predicted octanol–water partition coefficient (Wildman–Crippen LogP) is 4.16. The van der Waals surface area contributed by atoms with Gasteiger partial charge in [0, 0.05) is 12.7 Å². The number of hydrogen-bond donors (Lipinski definition) is 2. The minimum absolute atomic E-state index is 0.187. The molecule has 1 aromatic carbocycles. The van der Waals surface area contributed by atoms with E-state index in [1.165, 1.54) is 5.56 Å².